The second-order valence-corrected chi connectivity index (χ2v) is 2.58. The largest absolute Gasteiger partial charge is 0.391 e. The quantitative estimate of drug-likeness (QED) is 0.396. The van der Waals surface area contributed by atoms with Crippen LogP contribution in [-0.4, -0.2) is 30.3 Å². The van der Waals surface area contributed by atoms with E-state index in [0.29, 0.717) is 0 Å². The zero-order valence-corrected chi connectivity index (χ0v) is 5.51. The van der Waals surface area contributed by atoms with E-state index in [9.17, 15) is 5.11 Å². The van der Waals surface area contributed by atoms with Crippen molar-refractivity contribution in [2.24, 2.45) is 5.73 Å². The second-order valence-electron chi connectivity index (χ2n) is 2.58. The van der Waals surface area contributed by atoms with Crippen LogP contribution in [0.1, 0.15) is 12.8 Å². The van der Waals surface area contributed by atoms with Crippen molar-refractivity contribution < 1.29 is 5.11 Å². The molecule has 1 saturated heterocycles. The van der Waals surface area contributed by atoms with E-state index in [1.165, 1.54) is 0 Å². The maximum Gasteiger partial charge on any atom is 0.0704 e. The third-order valence-corrected chi connectivity index (χ3v) is 1.73. The average Bonchev–Trinajstić information content (AvgIpc) is 1.99. The van der Waals surface area contributed by atoms with Crippen LogP contribution in [-0.2, 0) is 0 Å². The Bertz CT molecular complexity index is 77.1. The van der Waals surface area contributed by atoms with E-state index >= 15 is 0 Å². The third-order valence-electron chi connectivity index (χ3n) is 1.73. The molecule has 0 amide bonds. The molecule has 54 valence electrons. The van der Waals surface area contributed by atoms with Crippen LogP contribution >= 0.6 is 0 Å². The first kappa shape index (κ1) is 6.99. The predicted molar refractivity (Wildman–Crippen MR) is 36.1 cm³/mol. The molecule has 0 aliphatic carbocycles. The third kappa shape index (κ3) is 1.93. The summed E-state index contributed by atoms with van der Waals surface area (Å²) in [5.74, 6) is 0. The van der Waals surface area contributed by atoms with E-state index in [2.05, 4.69) is 5.32 Å². The highest BCUT2D eigenvalue weighted by Crippen LogP contribution is 2.02. The fraction of sp³-hybridized carbons (Fsp3) is 1.00. The van der Waals surface area contributed by atoms with Gasteiger partial charge in [0.1, 0.15) is 0 Å². The van der Waals surface area contributed by atoms with Gasteiger partial charge in [-0.05, 0) is 19.4 Å². The fourth-order valence-corrected chi connectivity index (χ4v) is 1.06. The highest BCUT2D eigenvalue weighted by atomic mass is 16.3. The van der Waals surface area contributed by atoms with Gasteiger partial charge >= 0.3 is 0 Å². The molecule has 0 aromatic carbocycles. The van der Waals surface area contributed by atoms with Crippen LogP contribution in [0.5, 0.6) is 0 Å². The van der Waals surface area contributed by atoms with E-state index in [0.717, 1.165) is 25.9 Å². The van der Waals surface area contributed by atoms with E-state index < -0.39 is 0 Å². The van der Waals surface area contributed by atoms with Crippen molar-refractivity contribution in [1.29, 1.82) is 0 Å². The molecule has 0 saturated carbocycles. The summed E-state index contributed by atoms with van der Waals surface area (Å²) in [5.41, 5.74) is 5.57. The summed E-state index contributed by atoms with van der Waals surface area (Å²) >= 11 is 0. The highest BCUT2D eigenvalue weighted by Gasteiger charge is 2.16. The van der Waals surface area contributed by atoms with Crippen molar-refractivity contribution in [3.63, 3.8) is 0 Å². The average molecular weight is 130 g/mol. The van der Waals surface area contributed by atoms with Gasteiger partial charge in [0.25, 0.3) is 0 Å². The molecule has 0 bridgehead atoms. The van der Waals surface area contributed by atoms with Crippen molar-refractivity contribution in [2.45, 2.75) is 25.0 Å². The first-order valence-corrected chi connectivity index (χ1v) is 3.45. The molecule has 1 aliphatic heterocycles. The number of hydrogen-bond acceptors (Lipinski definition) is 3. The van der Waals surface area contributed by atoms with Crippen LogP contribution in [0.3, 0.4) is 0 Å². The second kappa shape index (κ2) is 3.15. The Morgan fingerprint density at radius 3 is 3.11 bits per heavy atom. The molecule has 1 rings (SSSR count). The van der Waals surface area contributed by atoms with Gasteiger partial charge < -0.3 is 16.2 Å². The van der Waals surface area contributed by atoms with Gasteiger partial charge in [-0.2, -0.15) is 0 Å². The Balaban J connectivity index is 2.32. The van der Waals surface area contributed by atoms with E-state index in [4.69, 9.17) is 5.73 Å². The maximum absolute atomic E-state index is 9.19. The summed E-state index contributed by atoms with van der Waals surface area (Å²) in [5, 5.41) is 12.3. The number of aliphatic hydroxyl groups excluding tert-OH is 1. The van der Waals surface area contributed by atoms with Gasteiger partial charge in [-0.1, -0.05) is 0 Å². The molecule has 3 nitrogen and oxygen atoms in total. The Hall–Kier alpha value is -0.120. The molecule has 1 aliphatic rings. The standard InChI is InChI=1S/C6H14N2O/c7-5-4-8-3-1-2-6(5)9/h5-6,8-9H,1-4,7H2/t5-,6-/m0/s1. The zero-order chi connectivity index (χ0) is 6.69. The fourth-order valence-electron chi connectivity index (χ4n) is 1.06. The lowest BCUT2D eigenvalue weighted by Gasteiger charge is -2.13. The Morgan fingerprint density at radius 2 is 2.33 bits per heavy atom. The minimum atomic E-state index is -0.292. The van der Waals surface area contributed by atoms with Crippen LogP contribution < -0.4 is 11.1 Å². The lowest BCUT2D eigenvalue weighted by Crippen LogP contribution is -2.40. The molecule has 2 atom stereocenters. The molecule has 4 N–H and O–H groups in total. The SMILES string of the molecule is N[C@H]1CNCCC[C@@H]1O. The van der Waals surface area contributed by atoms with Gasteiger partial charge in [0.2, 0.25) is 0 Å². The van der Waals surface area contributed by atoms with Crippen molar-refractivity contribution in [3.05, 3.63) is 0 Å². The Labute approximate surface area is 55.2 Å². The molecule has 0 radical (unpaired) electrons. The first-order chi connectivity index (χ1) is 4.30. The lowest BCUT2D eigenvalue weighted by molar-refractivity contribution is 0.141. The normalized spacial score (nSPS) is 38.0. The first-order valence-electron chi connectivity index (χ1n) is 3.45. The van der Waals surface area contributed by atoms with Gasteiger partial charge in [-0.15, -0.1) is 0 Å². The molecular formula is C6H14N2O. The van der Waals surface area contributed by atoms with Crippen LogP contribution in [0.25, 0.3) is 0 Å². The molecule has 1 fully saturated rings. The van der Waals surface area contributed by atoms with Gasteiger partial charge in [0.05, 0.1) is 6.10 Å². The number of nitrogens with one attached hydrogen (secondary N) is 1. The van der Waals surface area contributed by atoms with Crippen LogP contribution in [0.15, 0.2) is 0 Å². The molecular weight excluding hydrogens is 116 g/mol. The number of hydrogen-bond donors (Lipinski definition) is 3. The minimum Gasteiger partial charge on any atom is -0.391 e. The van der Waals surface area contributed by atoms with Crippen molar-refractivity contribution in [1.82, 2.24) is 5.32 Å². The Morgan fingerprint density at radius 1 is 1.56 bits per heavy atom. The van der Waals surface area contributed by atoms with E-state index in [1.54, 1.807) is 0 Å². The number of rotatable bonds is 0. The van der Waals surface area contributed by atoms with Gasteiger partial charge in [0.15, 0.2) is 0 Å². The number of aliphatic hydroxyl groups is 1. The van der Waals surface area contributed by atoms with Gasteiger partial charge in [-0.3, -0.25) is 0 Å². The number of nitrogens with two attached hydrogens (primary N) is 1. The topological polar surface area (TPSA) is 58.3 Å². The van der Waals surface area contributed by atoms with Gasteiger partial charge in [-0.25, -0.2) is 0 Å². The van der Waals surface area contributed by atoms with Crippen LogP contribution in [0, 0.1) is 0 Å². The summed E-state index contributed by atoms with van der Waals surface area (Å²) in [6, 6.07) is -0.0625. The maximum atomic E-state index is 9.19. The summed E-state index contributed by atoms with van der Waals surface area (Å²) in [7, 11) is 0. The smallest absolute Gasteiger partial charge is 0.0704 e. The summed E-state index contributed by atoms with van der Waals surface area (Å²) in [4.78, 5) is 0. The zero-order valence-electron chi connectivity index (χ0n) is 5.51. The summed E-state index contributed by atoms with van der Waals surface area (Å²) in [6.07, 6.45) is 1.59. The van der Waals surface area contributed by atoms with Crippen molar-refractivity contribution in [2.75, 3.05) is 13.1 Å². The monoisotopic (exact) mass is 130 g/mol. The molecule has 0 aromatic heterocycles. The van der Waals surface area contributed by atoms with Crippen LogP contribution in [0.2, 0.25) is 0 Å². The molecule has 0 aromatic rings. The van der Waals surface area contributed by atoms with Gasteiger partial charge in [0, 0.05) is 12.6 Å². The molecule has 1 heterocycles. The molecule has 9 heavy (non-hydrogen) atoms. The molecule has 0 spiro atoms. The van der Waals surface area contributed by atoms with E-state index in [1.807, 2.05) is 0 Å². The summed E-state index contributed by atoms with van der Waals surface area (Å²) in [6.45, 7) is 1.74. The highest BCUT2D eigenvalue weighted by molar-refractivity contribution is 4.77. The lowest BCUT2D eigenvalue weighted by atomic mass is 10.1. The minimum absolute atomic E-state index is 0.0625. The van der Waals surface area contributed by atoms with Crippen molar-refractivity contribution >= 4 is 0 Å². The Kier molecular flexibility index (Phi) is 2.45. The predicted octanol–water partition coefficient (Wildman–Crippen LogP) is -0.942. The van der Waals surface area contributed by atoms with Crippen molar-refractivity contribution in [3.8, 4) is 0 Å². The van der Waals surface area contributed by atoms with E-state index in [-0.39, 0.29) is 12.1 Å². The molecule has 0 unspecified atom stereocenters. The van der Waals surface area contributed by atoms with Crippen LogP contribution in [0.4, 0.5) is 0 Å². The molecule has 3 heteroatoms. The summed E-state index contributed by atoms with van der Waals surface area (Å²) < 4.78 is 0.